The first-order valence-electron chi connectivity index (χ1n) is 8.36. The van der Waals surface area contributed by atoms with E-state index in [-0.39, 0.29) is 11.5 Å². The maximum atomic E-state index is 9.82. The van der Waals surface area contributed by atoms with Crippen LogP contribution in [0.2, 0.25) is 0 Å². The second-order valence-corrected chi connectivity index (χ2v) is 8.15. The highest BCUT2D eigenvalue weighted by Gasteiger charge is 2.19. The molecule has 0 spiro atoms. The van der Waals surface area contributed by atoms with Crippen molar-refractivity contribution in [1.29, 1.82) is 0 Å². The molecule has 0 bridgehead atoms. The Hall–Kier alpha value is -1.73. The highest BCUT2D eigenvalue weighted by Crippen LogP contribution is 2.24. The Kier molecular flexibility index (Phi) is 5.01. The maximum absolute atomic E-state index is 9.82. The number of aromatic nitrogens is 3. The van der Waals surface area contributed by atoms with Crippen LogP contribution in [0.25, 0.3) is 0 Å². The molecule has 2 aromatic heterocycles. The van der Waals surface area contributed by atoms with Crippen molar-refractivity contribution in [3.8, 4) is 0 Å². The van der Waals surface area contributed by atoms with Gasteiger partial charge >= 0.3 is 0 Å². The standard InChI is InChI=1S/C17H25N5OS/c1-17(2,3)13-11-24-15(20-13)9-19-16-18-7-6-14(21-16)22-8-4-5-12(23)10-22/h6-7,11-12,23H,4-5,8-10H2,1-3H3,(H,18,19,21)/t12-/m1/s1. The molecule has 0 aromatic carbocycles. The first kappa shape index (κ1) is 17.1. The van der Waals surface area contributed by atoms with Gasteiger partial charge in [0.25, 0.3) is 0 Å². The van der Waals surface area contributed by atoms with Crippen LogP contribution >= 0.6 is 11.3 Å². The molecule has 24 heavy (non-hydrogen) atoms. The normalized spacial score (nSPS) is 18.7. The molecule has 1 atom stereocenters. The van der Waals surface area contributed by atoms with E-state index in [2.05, 4.69) is 51.3 Å². The predicted molar refractivity (Wildman–Crippen MR) is 97.6 cm³/mol. The minimum Gasteiger partial charge on any atom is -0.391 e. The van der Waals surface area contributed by atoms with Gasteiger partial charge in [0.05, 0.1) is 18.3 Å². The topological polar surface area (TPSA) is 74.2 Å². The van der Waals surface area contributed by atoms with Gasteiger partial charge in [0.2, 0.25) is 5.95 Å². The van der Waals surface area contributed by atoms with Crippen molar-refractivity contribution in [3.05, 3.63) is 28.3 Å². The minimum absolute atomic E-state index is 0.0697. The summed E-state index contributed by atoms with van der Waals surface area (Å²) >= 11 is 1.66. The number of hydrogen-bond acceptors (Lipinski definition) is 7. The van der Waals surface area contributed by atoms with Crippen LogP contribution in [0.3, 0.4) is 0 Å². The van der Waals surface area contributed by atoms with E-state index in [9.17, 15) is 5.11 Å². The molecule has 1 aliphatic heterocycles. The summed E-state index contributed by atoms with van der Waals surface area (Å²) in [4.78, 5) is 15.6. The van der Waals surface area contributed by atoms with Crippen molar-refractivity contribution < 1.29 is 5.11 Å². The third-order valence-corrected chi connectivity index (χ3v) is 4.93. The summed E-state index contributed by atoms with van der Waals surface area (Å²) in [6.07, 6.45) is 3.35. The summed E-state index contributed by atoms with van der Waals surface area (Å²) in [5, 5.41) is 16.2. The summed E-state index contributed by atoms with van der Waals surface area (Å²) in [6, 6.07) is 1.89. The molecule has 130 valence electrons. The highest BCUT2D eigenvalue weighted by molar-refractivity contribution is 7.09. The fourth-order valence-corrected chi connectivity index (χ4v) is 3.63. The summed E-state index contributed by atoms with van der Waals surface area (Å²) in [7, 11) is 0. The SMILES string of the molecule is CC(C)(C)c1csc(CNc2nccc(N3CCC[C@@H](O)C3)n2)n1. The van der Waals surface area contributed by atoms with Gasteiger partial charge in [0.1, 0.15) is 10.8 Å². The van der Waals surface area contributed by atoms with Gasteiger partial charge < -0.3 is 15.3 Å². The van der Waals surface area contributed by atoms with Gasteiger partial charge in [-0.1, -0.05) is 20.8 Å². The van der Waals surface area contributed by atoms with Crippen molar-refractivity contribution in [3.63, 3.8) is 0 Å². The molecule has 0 aliphatic carbocycles. The maximum Gasteiger partial charge on any atom is 0.224 e. The first-order chi connectivity index (χ1) is 11.4. The van der Waals surface area contributed by atoms with E-state index in [0.29, 0.717) is 19.0 Å². The molecule has 7 heteroatoms. The van der Waals surface area contributed by atoms with Crippen LogP contribution < -0.4 is 10.2 Å². The molecule has 0 radical (unpaired) electrons. The lowest BCUT2D eigenvalue weighted by molar-refractivity contribution is 0.154. The summed E-state index contributed by atoms with van der Waals surface area (Å²) < 4.78 is 0. The van der Waals surface area contributed by atoms with Crippen LogP contribution in [0.4, 0.5) is 11.8 Å². The fraction of sp³-hybridized carbons (Fsp3) is 0.588. The third kappa shape index (κ3) is 4.21. The number of anilines is 2. The molecule has 1 saturated heterocycles. The summed E-state index contributed by atoms with van der Waals surface area (Å²) in [5.41, 5.74) is 1.18. The Bertz CT molecular complexity index is 682. The number of rotatable bonds is 4. The van der Waals surface area contributed by atoms with Gasteiger partial charge in [0.15, 0.2) is 0 Å². The molecule has 2 N–H and O–H groups in total. The molecule has 0 amide bonds. The number of nitrogens with one attached hydrogen (secondary N) is 1. The van der Waals surface area contributed by atoms with Crippen molar-refractivity contribution in [2.45, 2.75) is 51.7 Å². The van der Waals surface area contributed by atoms with Crippen LogP contribution in [-0.2, 0) is 12.0 Å². The fourth-order valence-electron chi connectivity index (χ4n) is 2.66. The molecular formula is C17H25N5OS. The second kappa shape index (κ2) is 7.03. The molecule has 6 nitrogen and oxygen atoms in total. The number of aliphatic hydroxyl groups excluding tert-OH is 1. The van der Waals surface area contributed by atoms with Crippen molar-refractivity contribution in [2.75, 3.05) is 23.3 Å². The van der Waals surface area contributed by atoms with Crippen LogP contribution in [0, 0.1) is 0 Å². The Morgan fingerprint density at radius 1 is 1.38 bits per heavy atom. The molecular weight excluding hydrogens is 322 g/mol. The summed E-state index contributed by atoms with van der Waals surface area (Å²) in [6.45, 7) is 8.68. The number of β-amino-alcohol motifs (C(OH)–C–C–N with tert-alkyl or cyclic N) is 1. The van der Waals surface area contributed by atoms with Gasteiger partial charge in [-0.25, -0.2) is 9.97 Å². The zero-order valence-corrected chi connectivity index (χ0v) is 15.3. The van der Waals surface area contributed by atoms with Crippen LogP contribution in [-0.4, -0.2) is 39.3 Å². The second-order valence-electron chi connectivity index (χ2n) is 7.21. The average molecular weight is 347 g/mol. The number of piperidine rings is 1. The van der Waals surface area contributed by atoms with E-state index in [1.54, 1.807) is 17.5 Å². The first-order valence-corrected chi connectivity index (χ1v) is 9.24. The van der Waals surface area contributed by atoms with Crippen LogP contribution in [0.5, 0.6) is 0 Å². The van der Waals surface area contributed by atoms with E-state index >= 15 is 0 Å². The van der Waals surface area contributed by atoms with E-state index in [1.165, 1.54) is 0 Å². The molecule has 2 aromatic rings. The largest absolute Gasteiger partial charge is 0.391 e. The van der Waals surface area contributed by atoms with Gasteiger partial charge in [-0.3, -0.25) is 0 Å². The molecule has 3 heterocycles. The summed E-state index contributed by atoms with van der Waals surface area (Å²) in [5.74, 6) is 1.46. The van der Waals surface area contributed by atoms with Crippen molar-refractivity contribution >= 4 is 23.1 Å². The quantitative estimate of drug-likeness (QED) is 0.886. The van der Waals surface area contributed by atoms with E-state index in [4.69, 9.17) is 0 Å². The molecule has 1 fully saturated rings. The predicted octanol–water partition coefficient (Wildman–Crippen LogP) is 2.80. The Balaban J connectivity index is 1.63. The number of hydrogen-bond donors (Lipinski definition) is 2. The number of aliphatic hydroxyl groups is 1. The third-order valence-electron chi connectivity index (χ3n) is 4.08. The number of thiazole rings is 1. The van der Waals surface area contributed by atoms with Gasteiger partial charge in [0, 0.05) is 30.1 Å². The van der Waals surface area contributed by atoms with Crippen molar-refractivity contribution in [2.24, 2.45) is 0 Å². The zero-order valence-electron chi connectivity index (χ0n) is 14.5. The van der Waals surface area contributed by atoms with E-state index in [0.717, 1.165) is 35.9 Å². The highest BCUT2D eigenvalue weighted by atomic mass is 32.1. The molecule has 0 saturated carbocycles. The number of nitrogens with zero attached hydrogens (tertiary/aromatic N) is 4. The van der Waals surface area contributed by atoms with Gasteiger partial charge in [-0.2, -0.15) is 4.98 Å². The molecule has 0 unspecified atom stereocenters. The Morgan fingerprint density at radius 3 is 2.92 bits per heavy atom. The molecule has 1 aliphatic rings. The van der Waals surface area contributed by atoms with Crippen LogP contribution in [0.15, 0.2) is 17.6 Å². The van der Waals surface area contributed by atoms with Gasteiger partial charge in [-0.05, 0) is 18.9 Å². The van der Waals surface area contributed by atoms with Crippen molar-refractivity contribution in [1.82, 2.24) is 15.0 Å². The van der Waals surface area contributed by atoms with E-state index in [1.807, 2.05) is 6.07 Å². The smallest absolute Gasteiger partial charge is 0.224 e. The zero-order chi connectivity index (χ0) is 17.2. The minimum atomic E-state index is -0.267. The van der Waals surface area contributed by atoms with E-state index < -0.39 is 0 Å². The lowest BCUT2D eigenvalue weighted by Crippen LogP contribution is -2.38. The Labute approximate surface area is 147 Å². The molecule has 3 rings (SSSR count). The Morgan fingerprint density at radius 2 is 2.21 bits per heavy atom. The average Bonchev–Trinajstić information content (AvgIpc) is 3.02. The lowest BCUT2D eigenvalue weighted by atomic mass is 9.93. The monoisotopic (exact) mass is 347 g/mol. The van der Waals surface area contributed by atoms with Crippen LogP contribution in [0.1, 0.15) is 44.3 Å². The van der Waals surface area contributed by atoms with Gasteiger partial charge in [-0.15, -0.1) is 11.3 Å². The lowest BCUT2D eigenvalue weighted by Gasteiger charge is -2.31.